The predicted octanol–water partition coefficient (Wildman–Crippen LogP) is 2.59. The highest BCUT2D eigenvalue weighted by Gasteiger charge is 2.32. The van der Waals surface area contributed by atoms with E-state index in [4.69, 9.17) is 0 Å². The smallest absolute Gasteiger partial charge is 0.0138 e. The average Bonchev–Trinajstić information content (AvgIpc) is 2.29. The molecule has 0 bridgehead atoms. The summed E-state index contributed by atoms with van der Waals surface area (Å²) in [6, 6.07) is 1.61. The topological polar surface area (TPSA) is 6.48 Å². The van der Waals surface area contributed by atoms with Crippen LogP contribution in [0.5, 0.6) is 0 Å². The van der Waals surface area contributed by atoms with Crippen molar-refractivity contribution in [2.75, 3.05) is 26.7 Å². The number of rotatable bonds is 2. The molecule has 0 aromatic rings. The van der Waals surface area contributed by atoms with E-state index in [0.29, 0.717) is 0 Å². The quantitative estimate of drug-likeness (QED) is 0.711. The lowest BCUT2D eigenvalue weighted by Crippen LogP contribution is -2.51. The molecule has 2 heterocycles. The van der Waals surface area contributed by atoms with E-state index >= 15 is 0 Å². The molecule has 2 aliphatic rings. The molecule has 2 nitrogen and oxygen atoms in total. The summed E-state index contributed by atoms with van der Waals surface area (Å²) >= 11 is 0. The number of hydrogen-bond donors (Lipinski definition) is 0. The maximum absolute atomic E-state index is 2.77. The Kier molecular flexibility index (Phi) is 4.26. The van der Waals surface area contributed by atoms with Crippen molar-refractivity contribution >= 4 is 0 Å². The van der Waals surface area contributed by atoms with Crippen molar-refractivity contribution in [2.45, 2.75) is 58.0 Å². The van der Waals surface area contributed by atoms with Crippen LogP contribution in [-0.4, -0.2) is 48.6 Å². The molecule has 2 atom stereocenters. The Bertz CT molecular complexity index is 215. The van der Waals surface area contributed by atoms with E-state index in [1.165, 1.54) is 51.7 Å². The Balaban J connectivity index is 1.98. The first kappa shape index (κ1) is 12.4. The van der Waals surface area contributed by atoms with Gasteiger partial charge in [0.15, 0.2) is 0 Å². The largest absolute Gasteiger partial charge is 0.306 e. The first-order valence-electron chi connectivity index (χ1n) is 7.13. The Morgan fingerprint density at radius 3 is 2.50 bits per heavy atom. The van der Waals surface area contributed by atoms with Gasteiger partial charge in [-0.15, -0.1) is 0 Å². The van der Waals surface area contributed by atoms with Gasteiger partial charge in [0, 0.05) is 18.6 Å². The zero-order chi connectivity index (χ0) is 11.5. The van der Waals surface area contributed by atoms with Crippen molar-refractivity contribution in [3.05, 3.63) is 0 Å². The second-order valence-electron chi connectivity index (χ2n) is 6.06. The van der Waals surface area contributed by atoms with E-state index in [2.05, 4.69) is 30.7 Å². The monoisotopic (exact) mass is 224 g/mol. The minimum Gasteiger partial charge on any atom is -0.306 e. The zero-order valence-corrected chi connectivity index (χ0v) is 11.3. The summed E-state index contributed by atoms with van der Waals surface area (Å²) in [4.78, 5) is 5.30. The van der Waals surface area contributed by atoms with Crippen molar-refractivity contribution in [1.29, 1.82) is 0 Å². The van der Waals surface area contributed by atoms with Crippen molar-refractivity contribution in [2.24, 2.45) is 5.92 Å². The second kappa shape index (κ2) is 5.50. The molecule has 2 heteroatoms. The zero-order valence-electron chi connectivity index (χ0n) is 11.3. The van der Waals surface area contributed by atoms with Gasteiger partial charge >= 0.3 is 0 Å². The van der Waals surface area contributed by atoms with Crippen LogP contribution in [0.2, 0.25) is 0 Å². The van der Waals surface area contributed by atoms with Crippen LogP contribution in [-0.2, 0) is 0 Å². The average molecular weight is 224 g/mol. The summed E-state index contributed by atoms with van der Waals surface area (Å²) in [5.74, 6) is 0.932. The third-order valence-electron chi connectivity index (χ3n) is 4.46. The first-order valence-corrected chi connectivity index (χ1v) is 7.13. The van der Waals surface area contributed by atoms with Crippen molar-refractivity contribution in [3.8, 4) is 0 Å². The standard InChI is InChI=1S/C14H28N2/c1-12(2)16-10-5-4-8-14(16)13-7-6-9-15(3)11-13/h12-14H,4-11H2,1-3H3. The number of likely N-dealkylation sites (tertiary alicyclic amines) is 2. The van der Waals surface area contributed by atoms with E-state index < -0.39 is 0 Å². The molecular weight excluding hydrogens is 196 g/mol. The molecule has 0 radical (unpaired) electrons. The fourth-order valence-corrected chi connectivity index (χ4v) is 3.65. The van der Waals surface area contributed by atoms with Crippen LogP contribution in [0.4, 0.5) is 0 Å². The van der Waals surface area contributed by atoms with E-state index in [-0.39, 0.29) is 0 Å². The third kappa shape index (κ3) is 2.78. The molecule has 2 fully saturated rings. The van der Waals surface area contributed by atoms with Crippen molar-refractivity contribution < 1.29 is 0 Å². The molecule has 0 amide bonds. The van der Waals surface area contributed by atoms with Crippen LogP contribution in [0.3, 0.4) is 0 Å². The first-order chi connectivity index (χ1) is 7.68. The van der Waals surface area contributed by atoms with E-state index in [0.717, 1.165) is 18.0 Å². The summed E-state index contributed by atoms with van der Waals surface area (Å²) in [6.45, 7) is 8.71. The Hall–Kier alpha value is -0.0800. The second-order valence-corrected chi connectivity index (χ2v) is 6.06. The Labute approximate surface area is 101 Å². The van der Waals surface area contributed by atoms with Crippen LogP contribution >= 0.6 is 0 Å². The predicted molar refractivity (Wildman–Crippen MR) is 69.7 cm³/mol. The highest BCUT2D eigenvalue weighted by molar-refractivity contribution is 4.87. The number of nitrogens with zero attached hydrogens (tertiary/aromatic N) is 2. The highest BCUT2D eigenvalue weighted by atomic mass is 15.2. The Morgan fingerprint density at radius 2 is 1.81 bits per heavy atom. The van der Waals surface area contributed by atoms with Gasteiger partial charge in [-0.3, -0.25) is 4.90 Å². The fourth-order valence-electron chi connectivity index (χ4n) is 3.65. The lowest BCUT2D eigenvalue weighted by molar-refractivity contribution is 0.0398. The van der Waals surface area contributed by atoms with Gasteiger partial charge in [-0.2, -0.15) is 0 Å². The summed E-state index contributed by atoms with van der Waals surface area (Å²) in [5, 5.41) is 0. The molecule has 2 saturated heterocycles. The van der Waals surface area contributed by atoms with Crippen LogP contribution in [0.15, 0.2) is 0 Å². The molecule has 2 unspecified atom stereocenters. The van der Waals surface area contributed by atoms with Crippen molar-refractivity contribution in [1.82, 2.24) is 9.80 Å². The van der Waals surface area contributed by atoms with Gasteiger partial charge in [-0.1, -0.05) is 6.42 Å². The molecule has 0 N–H and O–H groups in total. The van der Waals surface area contributed by atoms with Crippen LogP contribution in [0.1, 0.15) is 46.0 Å². The summed E-state index contributed by atoms with van der Waals surface area (Å²) in [7, 11) is 2.29. The third-order valence-corrected chi connectivity index (χ3v) is 4.46. The van der Waals surface area contributed by atoms with Gasteiger partial charge in [0.25, 0.3) is 0 Å². The van der Waals surface area contributed by atoms with E-state index in [9.17, 15) is 0 Å². The van der Waals surface area contributed by atoms with Gasteiger partial charge in [-0.25, -0.2) is 0 Å². The normalized spacial score (nSPS) is 34.5. The van der Waals surface area contributed by atoms with E-state index in [1.807, 2.05) is 0 Å². The maximum atomic E-state index is 2.77. The molecule has 2 rings (SSSR count). The van der Waals surface area contributed by atoms with Gasteiger partial charge in [0.2, 0.25) is 0 Å². The highest BCUT2D eigenvalue weighted by Crippen LogP contribution is 2.30. The summed E-state index contributed by atoms with van der Waals surface area (Å²) < 4.78 is 0. The van der Waals surface area contributed by atoms with Crippen LogP contribution < -0.4 is 0 Å². The molecule has 0 aromatic heterocycles. The minimum absolute atomic E-state index is 0.734. The molecule has 16 heavy (non-hydrogen) atoms. The summed E-state index contributed by atoms with van der Waals surface area (Å²) in [5.41, 5.74) is 0. The molecule has 0 spiro atoms. The number of piperidine rings is 2. The lowest BCUT2D eigenvalue weighted by Gasteiger charge is -2.45. The van der Waals surface area contributed by atoms with Gasteiger partial charge in [0.05, 0.1) is 0 Å². The van der Waals surface area contributed by atoms with Gasteiger partial charge < -0.3 is 4.90 Å². The minimum atomic E-state index is 0.734. The summed E-state index contributed by atoms with van der Waals surface area (Å²) in [6.07, 6.45) is 7.17. The lowest BCUT2D eigenvalue weighted by atomic mass is 9.84. The maximum Gasteiger partial charge on any atom is 0.0138 e. The molecule has 2 aliphatic heterocycles. The number of hydrogen-bond acceptors (Lipinski definition) is 2. The van der Waals surface area contributed by atoms with Gasteiger partial charge in [0.1, 0.15) is 0 Å². The molecule has 0 saturated carbocycles. The molecular formula is C14H28N2. The molecule has 94 valence electrons. The van der Waals surface area contributed by atoms with E-state index in [1.54, 1.807) is 0 Å². The van der Waals surface area contributed by atoms with Crippen LogP contribution in [0, 0.1) is 5.92 Å². The van der Waals surface area contributed by atoms with Crippen molar-refractivity contribution in [3.63, 3.8) is 0 Å². The molecule has 0 aliphatic carbocycles. The Morgan fingerprint density at radius 1 is 1.00 bits per heavy atom. The van der Waals surface area contributed by atoms with Crippen LogP contribution in [0.25, 0.3) is 0 Å². The molecule has 0 aromatic carbocycles. The fraction of sp³-hybridized carbons (Fsp3) is 1.00. The van der Waals surface area contributed by atoms with Gasteiger partial charge in [-0.05, 0) is 65.6 Å². The SMILES string of the molecule is CC(C)N1CCCCC1C1CCCN(C)C1.